The molecule has 1 aromatic heterocycles. The zero-order chi connectivity index (χ0) is 21.1. The van der Waals surface area contributed by atoms with Crippen LogP contribution in [0.15, 0.2) is 29.3 Å². The Morgan fingerprint density at radius 2 is 2.13 bits per heavy atom. The minimum absolute atomic E-state index is 0. The molecule has 1 unspecified atom stereocenters. The highest BCUT2D eigenvalue weighted by Crippen LogP contribution is 2.38. The largest absolute Gasteiger partial charge is 0.356 e. The first-order chi connectivity index (χ1) is 14.6. The molecule has 1 aromatic carbocycles. The van der Waals surface area contributed by atoms with Gasteiger partial charge in [0.25, 0.3) is 0 Å². The van der Waals surface area contributed by atoms with Gasteiger partial charge in [-0.25, -0.2) is 9.98 Å². The van der Waals surface area contributed by atoms with Gasteiger partial charge in [0.2, 0.25) is 5.91 Å². The molecule has 1 atom stereocenters. The second kappa shape index (κ2) is 10.8. The summed E-state index contributed by atoms with van der Waals surface area (Å²) in [6.45, 7) is 10.3. The third-order valence-corrected chi connectivity index (χ3v) is 7.01. The fourth-order valence-corrected chi connectivity index (χ4v) is 5.32. The maximum Gasteiger partial charge on any atom is 0.222 e. The number of rotatable bonds is 6. The molecule has 0 aliphatic carbocycles. The molecule has 6 nitrogen and oxygen atoms in total. The van der Waals surface area contributed by atoms with Crippen molar-refractivity contribution in [2.24, 2.45) is 4.99 Å². The first-order valence-corrected chi connectivity index (χ1v) is 11.7. The fraction of sp³-hybridized carbons (Fsp3) is 0.522. The summed E-state index contributed by atoms with van der Waals surface area (Å²) in [5, 5.41) is 4.57. The van der Waals surface area contributed by atoms with Crippen molar-refractivity contribution >= 4 is 52.9 Å². The molecule has 2 aromatic rings. The molecule has 1 amide bonds. The second-order valence-corrected chi connectivity index (χ2v) is 9.34. The van der Waals surface area contributed by atoms with Gasteiger partial charge >= 0.3 is 0 Å². The van der Waals surface area contributed by atoms with Crippen LogP contribution in [0, 0.1) is 13.8 Å². The molecular formula is C23H32IN5OS. The van der Waals surface area contributed by atoms with E-state index in [0.717, 1.165) is 55.7 Å². The molecule has 8 heteroatoms. The minimum Gasteiger partial charge on any atom is -0.356 e. The highest BCUT2D eigenvalue weighted by Gasteiger charge is 2.32. The maximum absolute atomic E-state index is 12.0. The standard InChI is InChI=1S/C23H31N5OS.HI/c1-4-24-23(25-14-21-16(2)26-17(3)30-21)28-15-18(19-8-5-6-9-20(19)28)11-13-27-12-7-10-22(27)29;/h5-6,8-9,18H,4,7,10-15H2,1-3H3,(H,24,25);1H. The molecule has 2 aliphatic heterocycles. The van der Waals surface area contributed by atoms with Gasteiger partial charge in [-0.2, -0.15) is 0 Å². The van der Waals surface area contributed by atoms with Crippen molar-refractivity contribution in [3.05, 3.63) is 45.4 Å². The number of fused-ring (bicyclic) bond motifs is 1. The van der Waals surface area contributed by atoms with Crippen molar-refractivity contribution in [3.8, 4) is 0 Å². The molecule has 0 bridgehead atoms. The van der Waals surface area contributed by atoms with Gasteiger partial charge < -0.3 is 15.1 Å². The third-order valence-electron chi connectivity index (χ3n) is 5.95. The number of aromatic nitrogens is 1. The molecule has 3 heterocycles. The summed E-state index contributed by atoms with van der Waals surface area (Å²) in [6, 6.07) is 8.62. The van der Waals surface area contributed by atoms with Crippen molar-refractivity contribution in [2.75, 3.05) is 31.1 Å². The highest BCUT2D eigenvalue weighted by atomic mass is 127. The lowest BCUT2D eigenvalue weighted by molar-refractivity contribution is -0.127. The Morgan fingerprint density at radius 3 is 2.81 bits per heavy atom. The van der Waals surface area contributed by atoms with Crippen molar-refractivity contribution in [3.63, 3.8) is 0 Å². The van der Waals surface area contributed by atoms with Gasteiger partial charge in [-0.1, -0.05) is 18.2 Å². The predicted octanol–water partition coefficient (Wildman–Crippen LogP) is 4.46. The third kappa shape index (κ3) is 5.39. The summed E-state index contributed by atoms with van der Waals surface area (Å²) < 4.78 is 0. The molecule has 4 rings (SSSR count). The van der Waals surface area contributed by atoms with Gasteiger partial charge in [-0.15, -0.1) is 35.3 Å². The van der Waals surface area contributed by atoms with Crippen LogP contribution in [0.4, 0.5) is 5.69 Å². The molecule has 31 heavy (non-hydrogen) atoms. The van der Waals surface area contributed by atoms with Gasteiger partial charge in [0.05, 0.1) is 17.2 Å². The number of aliphatic imine (C=N–C) groups is 1. The van der Waals surface area contributed by atoms with Gasteiger partial charge in [0.15, 0.2) is 5.96 Å². The van der Waals surface area contributed by atoms with Gasteiger partial charge in [-0.05, 0) is 45.2 Å². The Hall–Kier alpha value is -1.68. The van der Waals surface area contributed by atoms with Crippen LogP contribution < -0.4 is 10.2 Å². The average Bonchev–Trinajstić information content (AvgIpc) is 3.40. The Labute approximate surface area is 206 Å². The topological polar surface area (TPSA) is 60.8 Å². The van der Waals surface area contributed by atoms with E-state index in [1.807, 2.05) is 11.8 Å². The first kappa shape index (κ1) is 24.0. The highest BCUT2D eigenvalue weighted by molar-refractivity contribution is 14.0. The van der Waals surface area contributed by atoms with Crippen molar-refractivity contribution in [2.45, 2.75) is 52.5 Å². The van der Waals surface area contributed by atoms with Crippen LogP contribution >= 0.6 is 35.3 Å². The number of guanidine groups is 1. The number of para-hydroxylation sites is 1. The fourth-order valence-electron chi connectivity index (χ4n) is 4.46. The number of amides is 1. The van der Waals surface area contributed by atoms with Crippen LogP contribution in [-0.2, 0) is 11.3 Å². The molecule has 0 radical (unpaired) electrons. The quantitative estimate of drug-likeness (QED) is 0.326. The second-order valence-electron chi connectivity index (χ2n) is 8.05. The van der Waals surface area contributed by atoms with Crippen LogP contribution in [0.3, 0.4) is 0 Å². The number of thiazole rings is 1. The van der Waals surface area contributed by atoms with E-state index in [4.69, 9.17) is 4.99 Å². The number of hydrogen-bond donors (Lipinski definition) is 1. The zero-order valence-corrected chi connectivity index (χ0v) is 21.7. The maximum atomic E-state index is 12.0. The number of carbonyl (C=O) groups excluding carboxylic acids is 1. The summed E-state index contributed by atoms with van der Waals surface area (Å²) in [6.07, 6.45) is 2.70. The normalized spacial score (nSPS) is 18.4. The molecule has 2 aliphatic rings. The number of benzene rings is 1. The molecule has 1 N–H and O–H groups in total. The van der Waals surface area contributed by atoms with Crippen LogP contribution in [0.25, 0.3) is 0 Å². The summed E-state index contributed by atoms with van der Waals surface area (Å²) >= 11 is 1.72. The van der Waals surface area contributed by atoms with Gasteiger partial charge in [0.1, 0.15) is 0 Å². The van der Waals surface area contributed by atoms with E-state index in [1.54, 1.807) is 11.3 Å². The summed E-state index contributed by atoms with van der Waals surface area (Å²) in [7, 11) is 0. The first-order valence-electron chi connectivity index (χ1n) is 10.9. The van der Waals surface area contributed by atoms with Crippen LogP contribution in [0.1, 0.15) is 53.2 Å². The number of anilines is 1. The minimum atomic E-state index is 0. The van der Waals surface area contributed by atoms with Crippen molar-refractivity contribution in [1.29, 1.82) is 0 Å². The Morgan fingerprint density at radius 1 is 1.32 bits per heavy atom. The number of nitrogens with zero attached hydrogens (tertiary/aromatic N) is 4. The number of halogens is 1. The molecule has 1 fully saturated rings. The average molecular weight is 554 g/mol. The smallest absolute Gasteiger partial charge is 0.222 e. The van der Waals surface area contributed by atoms with Crippen molar-refractivity contribution in [1.82, 2.24) is 15.2 Å². The predicted molar refractivity (Wildman–Crippen MR) is 139 cm³/mol. The molecule has 1 saturated heterocycles. The lowest BCUT2D eigenvalue weighted by Gasteiger charge is -2.23. The van der Waals surface area contributed by atoms with Crippen molar-refractivity contribution < 1.29 is 4.79 Å². The van der Waals surface area contributed by atoms with E-state index in [-0.39, 0.29) is 24.0 Å². The zero-order valence-electron chi connectivity index (χ0n) is 18.6. The number of likely N-dealkylation sites (tertiary alicyclic amines) is 1. The van der Waals surface area contributed by atoms with E-state index in [2.05, 4.69) is 53.3 Å². The SMILES string of the molecule is CCNC(=NCc1sc(C)nc1C)N1CC(CCN2CCCC2=O)c2ccccc21.I. The lowest BCUT2D eigenvalue weighted by Crippen LogP contribution is -2.41. The number of hydrogen-bond acceptors (Lipinski definition) is 4. The van der Waals surface area contributed by atoms with E-state index >= 15 is 0 Å². The molecule has 168 valence electrons. The Bertz CT molecular complexity index is 944. The van der Waals surface area contributed by atoms with E-state index in [1.165, 1.54) is 16.1 Å². The number of aryl methyl sites for hydroxylation is 2. The van der Waals surface area contributed by atoms with Gasteiger partial charge in [0, 0.05) is 49.1 Å². The van der Waals surface area contributed by atoms with E-state index < -0.39 is 0 Å². The van der Waals surface area contributed by atoms with Gasteiger partial charge in [-0.3, -0.25) is 4.79 Å². The van der Waals surface area contributed by atoms with E-state index in [9.17, 15) is 4.79 Å². The Balaban J connectivity index is 0.00000272. The molecule has 0 spiro atoms. The Kier molecular flexibility index (Phi) is 8.32. The van der Waals surface area contributed by atoms with Crippen LogP contribution in [-0.4, -0.2) is 47.9 Å². The van der Waals surface area contributed by atoms with Crippen LogP contribution in [0.5, 0.6) is 0 Å². The number of carbonyl (C=O) groups is 1. The summed E-state index contributed by atoms with van der Waals surface area (Å²) in [5.41, 5.74) is 3.67. The number of nitrogens with one attached hydrogen (secondary N) is 1. The van der Waals surface area contributed by atoms with E-state index in [0.29, 0.717) is 24.8 Å². The monoisotopic (exact) mass is 553 g/mol. The lowest BCUT2D eigenvalue weighted by atomic mass is 9.98. The van der Waals surface area contributed by atoms with Crippen LogP contribution in [0.2, 0.25) is 0 Å². The summed E-state index contributed by atoms with van der Waals surface area (Å²) in [5.74, 6) is 1.64. The molecular weight excluding hydrogens is 521 g/mol. The summed E-state index contributed by atoms with van der Waals surface area (Å²) in [4.78, 5) is 27.1. The molecule has 0 saturated carbocycles.